The van der Waals surface area contributed by atoms with E-state index in [0.717, 1.165) is 11.8 Å². The van der Waals surface area contributed by atoms with E-state index in [0.29, 0.717) is 0 Å². The first-order valence-corrected chi connectivity index (χ1v) is 8.53. The molecule has 0 saturated heterocycles. The predicted octanol–water partition coefficient (Wildman–Crippen LogP) is 3.31. The Balaban J connectivity index is 3.54. The van der Waals surface area contributed by atoms with Gasteiger partial charge in [-0.3, -0.25) is 0 Å². The van der Waals surface area contributed by atoms with Gasteiger partial charge in [0.15, 0.2) is 0 Å². The molecule has 0 bridgehead atoms. The molecule has 0 saturated carbocycles. The van der Waals surface area contributed by atoms with Crippen molar-refractivity contribution in [1.29, 1.82) is 0 Å². The van der Waals surface area contributed by atoms with Crippen molar-refractivity contribution in [3.63, 3.8) is 0 Å². The fourth-order valence-corrected chi connectivity index (χ4v) is 2.32. The summed E-state index contributed by atoms with van der Waals surface area (Å²) in [6, 6.07) is 0. The minimum atomic E-state index is -0.766. The van der Waals surface area contributed by atoms with Crippen LogP contribution in [0.15, 0.2) is 0 Å². The van der Waals surface area contributed by atoms with E-state index in [2.05, 4.69) is 40.8 Å². The molecule has 70 valence electrons. The van der Waals surface area contributed by atoms with E-state index >= 15 is 0 Å². The van der Waals surface area contributed by atoms with Crippen LogP contribution in [0.4, 0.5) is 0 Å². The number of hydrogen-bond donors (Lipinski definition) is 0. The molecule has 0 amide bonds. The molecule has 0 nitrogen and oxygen atoms in total. The monoisotopic (exact) mass is 176 g/mol. The second-order valence-corrected chi connectivity index (χ2v) is 10.9. The standard InChI is InChI=1S/C10H25P/c1-9(2)10(3)7-8-11(4,5)6/h9-11H,7-8H2,1-6H3. The van der Waals surface area contributed by atoms with E-state index in [9.17, 15) is 0 Å². The van der Waals surface area contributed by atoms with Crippen LogP contribution in [0, 0.1) is 11.8 Å². The molecular formula is C10H25P. The molecule has 0 aliphatic heterocycles. The Bertz CT molecular complexity index is 99.9. The van der Waals surface area contributed by atoms with Crippen molar-refractivity contribution in [3.05, 3.63) is 0 Å². The third-order valence-corrected chi connectivity index (χ3v) is 4.28. The van der Waals surface area contributed by atoms with Crippen molar-refractivity contribution in [2.75, 3.05) is 26.2 Å². The number of rotatable bonds is 4. The molecule has 0 rings (SSSR count). The van der Waals surface area contributed by atoms with Gasteiger partial charge in [-0.05, 0) is 0 Å². The second kappa shape index (κ2) is 4.45. The van der Waals surface area contributed by atoms with Gasteiger partial charge in [0.2, 0.25) is 0 Å². The van der Waals surface area contributed by atoms with Crippen LogP contribution in [0.2, 0.25) is 0 Å². The molecule has 1 heteroatoms. The number of hydrogen-bond acceptors (Lipinski definition) is 0. The van der Waals surface area contributed by atoms with Crippen molar-refractivity contribution in [3.8, 4) is 0 Å². The molecule has 0 radical (unpaired) electrons. The first-order valence-electron chi connectivity index (χ1n) is 4.83. The predicted molar refractivity (Wildman–Crippen MR) is 59.6 cm³/mol. The Morgan fingerprint density at radius 3 is 1.73 bits per heavy atom. The van der Waals surface area contributed by atoms with Crippen LogP contribution in [0.1, 0.15) is 27.2 Å². The van der Waals surface area contributed by atoms with Gasteiger partial charge in [0.1, 0.15) is 0 Å². The van der Waals surface area contributed by atoms with Gasteiger partial charge in [0.25, 0.3) is 0 Å². The quantitative estimate of drug-likeness (QED) is 0.576. The first-order chi connectivity index (χ1) is 4.83. The first kappa shape index (κ1) is 11.4. The van der Waals surface area contributed by atoms with E-state index in [1.54, 1.807) is 0 Å². The van der Waals surface area contributed by atoms with Crippen molar-refractivity contribution in [2.45, 2.75) is 27.2 Å². The van der Waals surface area contributed by atoms with Crippen LogP contribution in [-0.4, -0.2) is 26.2 Å². The normalized spacial score (nSPS) is 17.0. The van der Waals surface area contributed by atoms with E-state index < -0.39 is 7.26 Å². The molecule has 0 heterocycles. The van der Waals surface area contributed by atoms with Crippen molar-refractivity contribution in [2.24, 2.45) is 11.8 Å². The summed E-state index contributed by atoms with van der Waals surface area (Å²) in [5.74, 6) is 1.79. The Hall–Kier alpha value is 0.430. The summed E-state index contributed by atoms with van der Waals surface area (Å²) in [7, 11) is -0.766. The van der Waals surface area contributed by atoms with Gasteiger partial charge in [-0.15, -0.1) is 0 Å². The Morgan fingerprint density at radius 2 is 1.45 bits per heavy atom. The van der Waals surface area contributed by atoms with Crippen molar-refractivity contribution in [1.82, 2.24) is 0 Å². The van der Waals surface area contributed by atoms with Crippen molar-refractivity contribution < 1.29 is 0 Å². The Kier molecular flexibility index (Phi) is 4.63. The molecule has 0 aliphatic carbocycles. The average molecular weight is 176 g/mol. The van der Waals surface area contributed by atoms with Crippen LogP contribution >= 0.6 is 7.26 Å². The summed E-state index contributed by atoms with van der Waals surface area (Å²) in [5.41, 5.74) is 0. The van der Waals surface area contributed by atoms with Gasteiger partial charge in [0, 0.05) is 0 Å². The van der Waals surface area contributed by atoms with Gasteiger partial charge in [0.05, 0.1) is 0 Å². The Labute approximate surface area is 73.1 Å². The zero-order valence-electron chi connectivity index (χ0n) is 9.07. The van der Waals surface area contributed by atoms with Gasteiger partial charge >= 0.3 is 72.4 Å². The zero-order valence-corrected chi connectivity index (χ0v) is 10.1. The van der Waals surface area contributed by atoms with Crippen LogP contribution in [0.3, 0.4) is 0 Å². The van der Waals surface area contributed by atoms with Crippen LogP contribution in [-0.2, 0) is 0 Å². The summed E-state index contributed by atoms with van der Waals surface area (Å²) in [4.78, 5) is 0. The molecule has 11 heavy (non-hydrogen) atoms. The SMILES string of the molecule is CC(C)C(C)CC[PH](C)(C)C. The molecule has 0 fully saturated rings. The summed E-state index contributed by atoms with van der Waals surface area (Å²) in [6.07, 6.45) is 2.93. The van der Waals surface area contributed by atoms with E-state index in [-0.39, 0.29) is 0 Å². The Morgan fingerprint density at radius 1 is 1.00 bits per heavy atom. The second-order valence-electron chi connectivity index (χ2n) is 5.32. The van der Waals surface area contributed by atoms with E-state index in [1.807, 2.05) is 0 Å². The molecule has 1 atom stereocenters. The van der Waals surface area contributed by atoms with E-state index in [1.165, 1.54) is 12.6 Å². The van der Waals surface area contributed by atoms with Crippen molar-refractivity contribution >= 4 is 7.26 Å². The molecule has 0 aromatic heterocycles. The third-order valence-electron chi connectivity index (χ3n) is 2.49. The van der Waals surface area contributed by atoms with Gasteiger partial charge in [-0.2, -0.15) is 0 Å². The topological polar surface area (TPSA) is 0 Å². The zero-order chi connectivity index (χ0) is 9.07. The van der Waals surface area contributed by atoms with Crippen LogP contribution in [0.5, 0.6) is 0 Å². The average Bonchev–Trinajstić information content (AvgIpc) is 1.80. The molecular weight excluding hydrogens is 151 g/mol. The van der Waals surface area contributed by atoms with Crippen LogP contribution < -0.4 is 0 Å². The maximum atomic E-state index is 2.46. The molecule has 0 N–H and O–H groups in total. The third kappa shape index (κ3) is 6.81. The minimum absolute atomic E-state index is 0.766. The fraction of sp³-hybridized carbons (Fsp3) is 1.00. The summed E-state index contributed by atoms with van der Waals surface area (Å²) < 4.78 is 0. The maximum absolute atomic E-state index is 2.46. The fourth-order valence-electron chi connectivity index (χ4n) is 0.994. The molecule has 0 aliphatic rings. The molecule has 0 aromatic carbocycles. The van der Waals surface area contributed by atoms with E-state index in [4.69, 9.17) is 0 Å². The summed E-state index contributed by atoms with van der Waals surface area (Å²) in [6.45, 7) is 14.4. The molecule has 0 spiro atoms. The summed E-state index contributed by atoms with van der Waals surface area (Å²) >= 11 is 0. The molecule has 1 unspecified atom stereocenters. The van der Waals surface area contributed by atoms with Gasteiger partial charge < -0.3 is 0 Å². The summed E-state index contributed by atoms with van der Waals surface area (Å²) in [5, 5.41) is 0. The van der Waals surface area contributed by atoms with Gasteiger partial charge in [-0.25, -0.2) is 0 Å². The van der Waals surface area contributed by atoms with Gasteiger partial charge in [-0.1, -0.05) is 0 Å². The molecule has 0 aromatic rings. The van der Waals surface area contributed by atoms with Crippen LogP contribution in [0.25, 0.3) is 0 Å².